The van der Waals surface area contributed by atoms with Crippen LogP contribution in [-0.2, 0) is 4.74 Å². The highest BCUT2D eigenvalue weighted by molar-refractivity contribution is 4.94. The first-order chi connectivity index (χ1) is 6.68. The number of hydrogen-bond acceptors (Lipinski definition) is 3. The molecule has 14 heavy (non-hydrogen) atoms. The predicted octanol–water partition coefficient (Wildman–Crippen LogP) is 1.51. The molecule has 0 amide bonds. The third kappa shape index (κ3) is 4.40. The first-order valence-corrected chi connectivity index (χ1v) is 5.69. The second-order valence-corrected chi connectivity index (χ2v) is 4.44. The Hall–Kier alpha value is -0.120. The van der Waals surface area contributed by atoms with Crippen molar-refractivity contribution in [2.75, 3.05) is 19.7 Å². The van der Waals surface area contributed by atoms with Crippen LogP contribution in [0, 0.1) is 5.41 Å². The number of nitrogens with one attached hydrogen (secondary N) is 1. The molecule has 3 nitrogen and oxygen atoms in total. The summed E-state index contributed by atoms with van der Waals surface area (Å²) in [6.07, 6.45) is 4.33. The van der Waals surface area contributed by atoms with Crippen molar-refractivity contribution in [3.8, 4) is 0 Å². The maximum absolute atomic E-state index is 9.01. The first-order valence-electron chi connectivity index (χ1n) is 5.69. The summed E-state index contributed by atoms with van der Waals surface area (Å²) in [7, 11) is 0. The van der Waals surface area contributed by atoms with Crippen LogP contribution >= 0.6 is 0 Å². The van der Waals surface area contributed by atoms with Gasteiger partial charge < -0.3 is 15.2 Å². The van der Waals surface area contributed by atoms with Gasteiger partial charge in [0.05, 0.1) is 6.61 Å². The molecule has 0 aromatic heterocycles. The maximum atomic E-state index is 9.01. The van der Waals surface area contributed by atoms with Crippen LogP contribution in [0.2, 0.25) is 0 Å². The molecule has 1 unspecified atom stereocenters. The van der Waals surface area contributed by atoms with E-state index in [1.807, 2.05) is 0 Å². The van der Waals surface area contributed by atoms with E-state index in [-0.39, 0.29) is 0 Å². The van der Waals surface area contributed by atoms with Gasteiger partial charge in [-0.2, -0.15) is 0 Å². The topological polar surface area (TPSA) is 41.5 Å². The van der Waals surface area contributed by atoms with Gasteiger partial charge in [0.1, 0.15) is 0 Å². The van der Waals surface area contributed by atoms with Crippen molar-refractivity contribution in [1.29, 1.82) is 0 Å². The van der Waals surface area contributed by atoms with Gasteiger partial charge >= 0.3 is 0 Å². The molecule has 3 heteroatoms. The SMILES string of the molecule is CCCCNCC1(COC(C)O)CC1. The molecule has 0 aromatic carbocycles. The van der Waals surface area contributed by atoms with E-state index >= 15 is 0 Å². The molecule has 0 radical (unpaired) electrons. The van der Waals surface area contributed by atoms with E-state index in [0.717, 1.165) is 13.1 Å². The molecular formula is C11H23NO2. The molecule has 1 rings (SSSR count). The normalized spacial score (nSPS) is 20.8. The number of unbranched alkanes of at least 4 members (excludes halogenated alkanes) is 1. The average molecular weight is 201 g/mol. The van der Waals surface area contributed by atoms with Crippen LogP contribution in [0.1, 0.15) is 39.5 Å². The Kier molecular flexibility index (Phi) is 4.85. The monoisotopic (exact) mass is 201 g/mol. The zero-order valence-corrected chi connectivity index (χ0v) is 9.38. The van der Waals surface area contributed by atoms with Crippen molar-refractivity contribution in [1.82, 2.24) is 5.32 Å². The van der Waals surface area contributed by atoms with Crippen molar-refractivity contribution in [3.63, 3.8) is 0 Å². The van der Waals surface area contributed by atoms with Crippen LogP contribution in [0.5, 0.6) is 0 Å². The Balaban J connectivity index is 2.04. The van der Waals surface area contributed by atoms with Gasteiger partial charge in [0.2, 0.25) is 0 Å². The zero-order chi connectivity index (χ0) is 10.4. The van der Waals surface area contributed by atoms with Gasteiger partial charge in [-0.3, -0.25) is 0 Å². The highest BCUT2D eigenvalue weighted by atomic mass is 16.6. The van der Waals surface area contributed by atoms with Gasteiger partial charge in [-0.05, 0) is 32.7 Å². The molecule has 1 atom stereocenters. The Bertz CT molecular complexity index is 155. The van der Waals surface area contributed by atoms with Crippen LogP contribution in [0.4, 0.5) is 0 Å². The standard InChI is InChI=1S/C11H23NO2/c1-3-4-7-12-8-11(5-6-11)9-14-10(2)13/h10,12-13H,3-9H2,1-2H3. The van der Waals surface area contributed by atoms with Crippen molar-refractivity contribution in [3.05, 3.63) is 0 Å². The minimum atomic E-state index is -0.622. The number of aliphatic hydroxyl groups excluding tert-OH is 1. The summed E-state index contributed by atoms with van der Waals surface area (Å²) < 4.78 is 5.24. The number of ether oxygens (including phenoxy) is 1. The van der Waals surface area contributed by atoms with Gasteiger partial charge in [0.25, 0.3) is 0 Å². The van der Waals surface area contributed by atoms with Crippen molar-refractivity contribution < 1.29 is 9.84 Å². The van der Waals surface area contributed by atoms with E-state index in [1.54, 1.807) is 6.92 Å². The zero-order valence-electron chi connectivity index (χ0n) is 9.38. The fraction of sp³-hybridized carbons (Fsp3) is 1.00. The first kappa shape index (κ1) is 12.0. The molecule has 1 aliphatic carbocycles. The van der Waals surface area contributed by atoms with Gasteiger partial charge in [0.15, 0.2) is 6.29 Å². The number of hydrogen-bond donors (Lipinski definition) is 2. The third-order valence-electron chi connectivity index (χ3n) is 2.79. The lowest BCUT2D eigenvalue weighted by atomic mass is 10.1. The molecule has 0 aliphatic heterocycles. The molecule has 1 saturated carbocycles. The van der Waals surface area contributed by atoms with Gasteiger partial charge in [0, 0.05) is 12.0 Å². The maximum Gasteiger partial charge on any atom is 0.151 e. The van der Waals surface area contributed by atoms with Crippen LogP contribution in [0.15, 0.2) is 0 Å². The van der Waals surface area contributed by atoms with Gasteiger partial charge in [-0.1, -0.05) is 13.3 Å². The lowest BCUT2D eigenvalue weighted by Gasteiger charge is -2.17. The molecule has 0 spiro atoms. The summed E-state index contributed by atoms with van der Waals surface area (Å²) >= 11 is 0. The average Bonchev–Trinajstić information content (AvgIpc) is 2.91. The van der Waals surface area contributed by atoms with E-state index in [4.69, 9.17) is 9.84 Å². The summed E-state index contributed by atoms with van der Waals surface area (Å²) in [6.45, 7) is 6.71. The summed E-state index contributed by atoms with van der Waals surface area (Å²) in [6, 6.07) is 0. The number of aliphatic hydroxyl groups is 1. The third-order valence-corrected chi connectivity index (χ3v) is 2.79. The van der Waals surface area contributed by atoms with E-state index < -0.39 is 6.29 Å². The van der Waals surface area contributed by atoms with Crippen molar-refractivity contribution in [2.45, 2.75) is 45.8 Å². The van der Waals surface area contributed by atoms with Crippen molar-refractivity contribution in [2.24, 2.45) is 5.41 Å². The fourth-order valence-corrected chi connectivity index (χ4v) is 1.50. The largest absolute Gasteiger partial charge is 0.368 e. The quantitative estimate of drug-likeness (QED) is 0.462. The molecule has 2 N–H and O–H groups in total. The highest BCUT2D eigenvalue weighted by Crippen LogP contribution is 2.45. The van der Waals surface area contributed by atoms with Crippen LogP contribution in [0.25, 0.3) is 0 Å². The van der Waals surface area contributed by atoms with Crippen LogP contribution < -0.4 is 5.32 Å². The molecule has 1 aliphatic rings. The van der Waals surface area contributed by atoms with Gasteiger partial charge in [-0.25, -0.2) is 0 Å². The predicted molar refractivity (Wildman–Crippen MR) is 57.1 cm³/mol. The van der Waals surface area contributed by atoms with E-state index in [9.17, 15) is 0 Å². The molecule has 0 bridgehead atoms. The molecule has 0 heterocycles. The van der Waals surface area contributed by atoms with Gasteiger partial charge in [-0.15, -0.1) is 0 Å². The summed E-state index contributed by atoms with van der Waals surface area (Å²) in [5.74, 6) is 0. The Morgan fingerprint density at radius 2 is 2.21 bits per heavy atom. The Morgan fingerprint density at radius 1 is 1.50 bits per heavy atom. The molecular weight excluding hydrogens is 178 g/mol. The summed E-state index contributed by atoms with van der Waals surface area (Å²) in [5.41, 5.74) is 0.338. The van der Waals surface area contributed by atoms with E-state index in [0.29, 0.717) is 12.0 Å². The smallest absolute Gasteiger partial charge is 0.151 e. The highest BCUT2D eigenvalue weighted by Gasteiger charge is 2.42. The van der Waals surface area contributed by atoms with E-state index in [1.165, 1.54) is 25.7 Å². The fourth-order valence-electron chi connectivity index (χ4n) is 1.50. The Labute approximate surface area is 86.8 Å². The minimum Gasteiger partial charge on any atom is -0.368 e. The van der Waals surface area contributed by atoms with E-state index in [2.05, 4.69) is 12.2 Å². The Morgan fingerprint density at radius 3 is 2.71 bits per heavy atom. The second-order valence-electron chi connectivity index (χ2n) is 4.44. The summed E-state index contributed by atoms with van der Waals surface area (Å²) in [4.78, 5) is 0. The van der Waals surface area contributed by atoms with Crippen molar-refractivity contribution >= 4 is 0 Å². The second kappa shape index (κ2) is 5.69. The minimum absolute atomic E-state index is 0.338. The summed E-state index contributed by atoms with van der Waals surface area (Å²) in [5, 5.41) is 12.5. The van der Waals surface area contributed by atoms with Crippen LogP contribution in [0.3, 0.4) is 0 Å². The molecule has 1 fully saturated rings. The molecule has 0 saturated heterocycles. The lowest BCUT2D eigenvalue weighted by Crippen LogP contribution is -2.29. The lowest BCUT2D eigenvalue weighted by molar-refractivity contribution is -0.0994. The molecule has 0 aromatic rings. The molecule has 84 valence electrons. The number of rotatable bonds is 8. The van der Waals surface area contributed by atoms with Crippen LogP contribution in [-0.4, -0.2) is 31.1 Å².